The van der Waals surface area contributed by atoms with Crippen LogP contribution in [-0.2, 0) is 19.1 Å². The summed E-state index contributed by atoms with van der Waals surface area (Å²) in [4.78, 5) is 22.4. The number of esters is 2. The zero-order valence-corrected chi connectivity index (χ0v) is 11.6. The van der Waals surface area contributed by atoms with Crippen LogP contribution in [0.4, 0.5) is 0 Å². The molecular formula is C11H16O4S2. The lowest BCUT2D eigenvalue weighted by Gasteiger charge is -2.25. The van der Waals surface area contributed by atoms with E-state index in [0.29, 0.717) is 5.25 Å². The lowest BCUT2D eigenvalue weighted by Crippen LogP contribution is -2.27. The second kappa shape index (κ2) is 6.96. The standard InChI is InChI=1S/C11H16O4S2/c1-7(2)11(13)14-4-9(12)15-10-6-16-5-8(3)17-10/h8,10H,1,4-6H2,2-3H3. The molecule has 1 rings (SSSR count). The first kappa shape index (κ1) is 14.4. The zero-order valence-electron chi connectivity index (χ0n) is 9.93. The average molecular weight is 276 g/mol. The third kappa shape index (κ3) is 5.50. The molecule has 0 spiro atoms. The van der Waals surface area contributed by atoms with Crippen LogP contribution < -0.4 is 0 Å². The zero-order chi connectivity index (χ0) is 12.8. The number of ether oxygens (including phenoxy) is 2. The highest BCUT2D eigenvalue weighted by molar-refractivity contribution is 8.07. The lowest BCUT2D eigenvalue weighted by atomic mass is 10.4. The summed E-state index contributed by atoms with van der Waals surface area (Å²) in [6.07, 6.45) is 0. The molecule has 96 valence electrons. The van der Waals surface area contributed by atoms with Gasteiger partial charge in [0, 0.05) is 22.3 Å². The lowest BCUT2D eigenvalue weighted by molar-refractivity contribution is -0.157. The molecular weight excluding hydrogens is 260 g/mol. The number of hydrogen-bond acceptors (Lipinski definition) is 6. The fourth-order valence-corrected chi connectivity index (χ4v) is 3.77. The molecule has 0 aromatic heterocycles. The van der Waals surface area contributed by atoms with Crippen LogP contribution in [0.25, 0.3) is 0 Å². The van der Waals surface area contributed by atoms with Gasteiger partial charge in [0.05, 0.1) is 0 Å². The topological polar surface area (TPSA) is 52.6 Å². The molecule has 0 aliphatic carbocycles. The van der Waals surface area contributed by atoms with Gasteiger partial charge in [0.15, 0.2) is 12.0 Å². The van der Waals surface area contributed by atoms with Crippen LogP contribution in [0, 0.1) is 0 Å². The van der Waals surface area contributed by atoms with Crippen molar-refractivity contribution < 1.29 is 19.1 Å². The van der Waals surface area contributed by atoms with E-state index in [4.69, 9.17) is 9.47 Å². The summed E-state index contributed by atoms with van der Waals surface area (Å²) in [7, 11) is 0. The Balaban J connectivity index is 2.25. The van der Waals surface area contributed by atoms with Crippen molar-refractivity contribution in [2.45, 2.75) is 24.5 Å². The van der Waals surface area contributed by atoms with Gasteiger partial charge in [-0.25, -0.2) is 9.59 Å². The van der Waals surface area contributed by atoms with Gasteiger partial charge in [0.2, 0.25) is 0 Å². The fourth-order valence-electron chi connectivity index (χ4n) is 1.16. The summed E-state index contributed by atoms with van der Waals surface area (Å²) in [5, 5.41) is 0.476. The molecule has 0 radical (unpaired) electrons. The Morgan fingerprint density at radius 3 is 2.71 bits per heavy atom. The van der Waals surface area contributed by atoms with E-state index in [1.54, 1.807) is 23.5 Å². The van der Waals surface area contributed by atoms with E-state index in [2.05, 4.69) is 13.5 Å². The Bertz CT molecular complexity index is 317. The van der Waals surface area contributed by atoms with Gasteiger partial charge in [-0.1, -0.05) is 13.5 Å². The monoisotopic (exact) mass is 276 g/mol. The maximum atomic E-state index is 11.4. The molecule has 1 saturated heterocycles. The number of hydrogen-bond donors (Lipinski definition) is 0. The van der Waals surface area contributed by atoms with E-state index in [0.717, 1.165) is 11.5 Å². The van der Waals surface area contributed by atoms with Gasteiger partial charge in [0.25, 0.3) is 0 Å². The molecule has 0 N–H and O–H groups in total. The largest absolute Gasteiger partial charge is 0.450 e. The molecule has 0 aromatic carbocycles. The normalized spacial score (nSPS) is 23.9. The number of thioether (sulfide) groups is 2. The number of carbonyl (C=O) groups is 2. The molecule has 1 aliphatic rings. The first-order chi connectivity index (χ1) is 7.99. The van der Waals surface area contributed by atoms with Crippen LogP contribution in [0.5, 0.6) is 0 Å². The van der Waals surface area contributed by atoms with Gasteiger partial charge in [-0.3, -0.25) is 0 Å². The predicted molar refractivity (Wildman–Crippen MR) is 70.0 cm³/mol. The summed E-state index contributed by atoms with van der Waals surface area (Å²) in [5.41, 5.74) is 0.133. The summed E-state index contributed by atoms with van der Waals surface area (Å²) in [6.45, 7) is 6.71. The highest BCUT2D eigenvalue weighted by Crippen LogP contribution is 2.30. The summed E-state index contributed by atoms with van der Waals surface area (Å²) >= 11 is 3.40. The first-order valence-corrected chi connectivity index (χ1v) is 7.34. The van der Waals surface area contributed by atoms with E-state index in [1.807, 2.05) is 0 Å². The molecule has 1 fully saturated rings. The predicted octanol–water partition coefficient (Wildman–Crippen LogP) is 1.84. The van der Waals surface area contributed by atoms with Gasteiger partial charge < -0.3 is 9.47 Å². The Kier molecular flexibility index (Phi) is 5.91. The molecule has 1 aliphatic heterocycles. The van der Waals surface area contributed by atoms with Crippen molar-refractivity contribution >= 4 is 35.5 Å². The van der Waals surface area contributed by atoms with Crippen LogP contribution in [0.2, 0.25) is 0 Å². The van der Waals surface area contributed by atoms with E-state index >= 15 is 0 Å². The van der Waals surface area contributed by atoms with Crippen LogP contribution >= 0.6 is 23.5 Å². The quantitative estimate of drug-likeness (QED) is 0.577. The molecule has 17 heavy (non-hydrogen) atoms. The second-order valence-corrected chi connectivity index (χ2v) is 6.44. The van der Waals surface area contributed by atoms with Gasteiger partial charge in [-0.05, 0) is 6.92 Å². The average Bonchev–Trinajstić information content (AvgIpc) is 2.25. The Morgan fingerprint density at radius 1 is 1.41 bits per heavy atom. The van der Waals surface area contributed by atoms with Crippen molar-refractivity contribution in [1.29, 1.82) is 0 Å². The van der Waals surface area contributed by atoms with Crippen LogP contribution in [0.3, 0.4) is 0 Å². The Labute approximate surface area is 109 Å². The van der Waals surface area contributed by atoms with Crippen molar-refractivity contribution in [3.8, 4) is 0 Å². The molecule has 1 heterocycles. The SMILES string of the molecule is C=C(C)C(=O)OCC(=O)OC1CSCC(C)S1. The smallest absolute Gasteiger partial charge is 0.345 e. The minimum absolute atomic E-state index is 0.139. The van der Waals surface area contributed by atoms with E-state index < -0.39 is 11.9 Å². The molecule has 0 aromatic rings. The highest BCUT2D eigenvalue weighted by atomic mass is 32.2. The number of rotatable bonds is 4. The highest BCUT2D eigenvalue weighted by Gasteiger charge is 2.23. The Morgan fingerprint density at radius 2 is 2.12 bits per heavy atom. The second-order valence-electron chi connectivity index (χ2n) is 3.76. The Hall–Kier alpha value is -0.620. The van der Waals surface area contributed by atoms with Crippen LogP contribution in [-0.4, -0.2) is 40.7 Å². The van der Waals surface area contributed by atoms with Crippen molar-refractivity contribution in [3.05, 3.63) is 12.2 Å². The summed E-state index contributed by atoms with van der Waals surface area (Å²) in [6, 6.07) is 0. The molecule has 2 unspecified atom stereocenters. The van der Waals surface area contributed by atoms with Crippen molar-refractivity contribution in [3.63, 3.8) is 0 Å². The fraction of sp³-hybridized carbons (Fsp3) is 0.636. The van der Waals surface area contributed by atoms with Crippen LogP contribution in [0.1, 0.15) is 13.8 Å². The molecule has 0 amide bonds. The summed E-state index contributed by atoms with van der Waals surface area (Å²) < 4.78 is 9.89. The molecule has 0 bridgehead atoms. The van der Waals surface area contributed by atoms with Gasteiger partial charge in [-0.2, -0.15) is 11.8 Å². The maximum Gasteiger partial charge on any atom is 0.345 e. The van der Waals surface area contributed by atoms with Gasteiger partial charge >= 0.3 is 11.9 Å². The van der Waals surface area contributed by atoms with Gasteiger partial charge in [-0.15, -0.1) is 11.8 Å². The van der Waals surface area contributed by atoms with E-state index in [-0.39, 0.29) is 17.6 Å². The molecule has 0 saturated carbocycles. The third-order valence-electron chi connectivity index (χ3n) is 1.92. The van der Waals surface area contributed by atoms with Crippen molar-refractivity contribution in [2.24, 2.45) is 0 Å². The van der Waals surface area contributed by atoms with Gasteiger partial charge in [0.1, 0.15) is 0 Å². The minimum Gasteiger partial charge on any atom is -0.450 e. The van der Waals surface area contributed by atoms with Crippen LogP contribution in [0.15, 0.2) is 12.2 Å². The van der Waals surface area contributed by atoms with E-state index in [1.165, 1.54) is 6.92 Å². The molecule has 4 nitrogen and oxygen atoms in total. The maximum absolute atomic E-state index is 11.4. The molecule has 6 heteroatoms. The number of carbonyl (C=O) groups excluding carboxylic acids is 2. The molecule has 2 atom stereocenters. The van der Waals surface area contributed by atoms with Crippen molar-refractivity contribution in [2.75, 3.05) is 18.1 Å². The van der Waals surface area contributed by atoms with E-state index in [9.17, 15) is 9.59 Å². The first-order valence-electron chi connectivity index (χ1n) is 5.24. The summed E-state index contributed by atoms with van der Waals surface area (Å²) in [5.74, 6) is 0.784. The van der Waals surface area contributed by atoms with Crippen molar-refractivity contribution in [1.82, 2.24) is 0 Å². The third-order valence-corrected chi connectivity index (χ3v) is 4.82. The minimum atomic E-state index is -0.569.